The summed E-state index contributed by atoms with van der Waals surface area (Å²) in [5.74, 6) is 0.561. The second-order valence-corrected chi connectivity index (χ2v) is 2.84. The fourth-order valence-corrected chi connectivity index (χ4v) is 1.36. The van der Waals surface area contributed by atoms with Crippen LogP contribution < -0.4 is 5.32 Å². The third-order valence-electron chi connectivity index (χ3n) is 2.12. The van der Waals surface area contributed by atoms with Gasteiger partial charge in [0.05, 0.1) is 6.61 Å². The van der Waals surface area contributed by atoms with E-state index in [-0.39, 0.29) is 6.61 Å². The second-order valence-electron chi connectivity index (χ2n) is 2.84. The van der Waals surface area contributed by atoms with Gasteiger partial charge in [0.1, 0.15) is 0 Å². The zero-order chi connectivity index (χ0) is 7.40. The Bertz CT molecular complexity index is 116. The number of aliphatic hydroxyl groups is 1. The van der Waals surface area contributed by atoms with Gasteiger partial charge in [-0.25, -0.2) is 0 Å². The Labute approximate surface area is 61.9 Å². The molecule has 0 atom stereocenters. The van der Waals surface area contributed by atoms with Crippen molar-refractivity contribution in [2.24, 2.45) is 5.92 Å². The van der Waals surface area contributed by atoms with Crippen LogP contribution in [0.4, 0.5) is 0 Å². The third-order valence-corrected chi connectivity index (χ3v) is 2.12. The van der Waals surface area contributed by atoms with Gasteiger partial charge < -0.3 is 10.4 Å². The lowest BCUT2D eigenvalue weighted by molar-refractivity contribution is 0.298. The smallest absolute Gasteiger partial charge is 0.0641 e. The molecule has 0 saturated carbocycles. The molecule has 0 radical (unpaired) electrons. The number of rotatable bonds is 2. The number of nitrogens with one attached hydrogen (secondary N) is 1. The summed E-state index contributed by atoms with van der Waals surface area (Å²) < 4.78 is 0. The van der Waals surface area contributed by atoms with Crippen molar-refractivity contribution in [1.82, 2.24) is 5.32 Å². The average Bonchev–Trinajstić information content (AvgIpc) is 2.05. The molecular formula is C8H15NO. The Kier molecular flexibility index (Phi) is 2.90. The van der Waals surface area contributed by atoms with Crippen molar-refractivity contribution < 1.29 is 5.11 Å². The molecule has 10 heavy (non-hydrogen) atoms. The van der Waals surface area contributed by atoms with Crippen LogP contribution in [-0.4, -0.2) is 24.8 Å². The minimum atomic E-state index is 0.157. The molecule has 0 amide bonds. The van der Waals surface area contributed by atoms with Crippen LogP contribution >= 0.6 is 0 Å². The molecule has 2 heteroatoms. The van der Waals surface area contributed by atoms with Crippen LogP contribution in [0.15, 0.2) is 12.2 Å². The highest BCUT2D eigenvalue weighted by atomic mass is 16.3. The van der Waals surface area contributed by atoms with E-state index in [0.717, 1.165) is 31.5 Å². The fourth-order valence-electron chi connectivity index (χ4n) is 1.36. The van der Waals surface area contributed by atoms with E-state index in [1.54, 1.807) is 0 Å². The fraction of sp³-hybridized carbons (Fsp3) is 0.750. The molecule has 58 valence electrons. The molecule has 1 aliphatic rings. The summed E-state index contributed by atoms with van der Waals surface area (Å²) in [7, 11) is 0. The standard InChI is InChI=1S/C8H15NO/c1-7(6-10)8-2-4-9-5-3-8/h8-10H,1-6H2. The van der Waals surface area contributed by atoms with Gasteiger partial charge in [0.15, 0.2) is 0 Å². The number of hydrogen-bond donors (Lipinski definition) is 2. The van der Waals surface area contributed by atoms with E-state index in [1.165, 1.54) is 0 Å². The Hall–Kier alpha value is -0.340. The lowest BCUT2D eigenvalue weighted by atomic mass is 9.91. The first kappa shape index (κ1) is 7.76. The van der Waals surface area contributed by atoms with E-state index < -0.39 is 0 Å². The van der Waals surface area contributed by atoms with Gasteiger partial charge in [-0.1, -0.05) is 6.58 Å². The summed E-state index contributed by atoms with van der Waals surface area (Å²) in [4.78, 5) is 0. The Balaban J connectivity index is 2.31. The van der Waals surface area contributed by atoms with Crippen molar-refractivity contribution in [2.75, 3.05) is 19.7 Å². The first-order chi connectivity index (χ1) is 4.84. The molecular weight excluding hydrogens is 126 g/mol. The highest BCUT2D eigenvalue weighted by Crippen LogP contribution is 2.18. The summed E-state index contributed by atoms with van der Waals surface area (Å²) in [5, 5.41) is 12.0. The van der Waals surface area contributed by atoms with Crippen molar-refractivity contribution in [2.45, 2.75) is 12.8 Å². The average molecular weight is 141 g/mol. The normalized spacial score (nSPS) is 20.9. The van der Waals surface area contributed by atoms with Gasteiger partial charge in [-0.05, 0) is 37.4 Å². The molecule has 0 unspecified atom stereocenters. The molecule has 1 aliphatic heterocycles. The molecule has 1 fully saturated rings. The molecule has 0 aromatic carbocycles. The summed E-state index contributed by atoms with van der Waals surface area (Å²) in [6.07, 6.45) is 2.28. The van der Waals surface area contributed by atoms with Gasteiger partial charge in [-0.2, -0.15) is 0 Å². The molecule has 2 N–H and O–H groups in total. The van der Waals surface area contributed by atoms with Gasteiger partial charge >= 0.3 is 0 Å². The monoisotopic (exact) mass is 141 g/mol. The molecule has 1 saturated heterocycles. The van der Waals surface area contributed by atoms with Gasteiger partial charge in [-0.15, -0.1) is 0 Å². The largest absolute Gasteiger partial charge is 0.392 e. The summed E-state index contributed by atoms with van der Waals surface area (Å²) >= 11 is 0. The van der Waals surface area contributed by atoms with E-state index in [1.807, 2.05) is 0 Å². The number of hydrogen-bond acceptors (Lipinski definition) is 2. The molecule has 0 bridgehead atoms. The molecule has 0 spiro atoms. The van der Waals surface area contributed by atoms with Crippen LogP contribution in [0.3, 0.4) is 0 Å². The lowest BCUT2D eigenvalue weighted by Crippen LogP contribution is -2.29. The van der Waals surface area contributed by atoms with Crippen LogP contribution in [0.1, 0.15) is 12.8 Å². The first-order valence-electron chi connectivity index (χ1n) is 3.84. The second kappa shape index (κ2) is 3.74. The van der Waals surface area contributed by atoms with Crippen molar-refractivity contribution in [3.8, 4) is 0 Å². The van der Waals surface area contributed by atoms with E-state index in [9.17, 15) is 0 Å². The van der Waals surface area contributed by atoms with Gasteiger partial charge in [0.2, 0.25) is 0 Å². The zero-order valence-corrected chi connectivity index (χ0v) is 6.27. The van der Waals surface area contributed by atoms with Crippen LogP contribution in [0, 0.1) is 5.92 Å². The van der Waals surface area contributed by atoms with Crippen molar-refractivity contribution in [3.63, 3.8) is 0 Å². The van der Waals surface area contributed by atoms with Gasteiger partial charge in [-0.3, -0.25) is 0 Å². The highest BCUT2D eigenvalue weighted by Gasteiger charge is 2.14. The van der Waals surface area contributed by atoms with Crippen molar-refractivity contribution >= 4 is 0 Å². The summed E-state index contributed by atoms with van der Waals surface area (Å²) in [5.41, 5.74) is 1.00. The van der Waals surface area contributed by atoms with E-state index in [2.05, 4.69) is 11.9 Å². The predicted molar refractivity (Wildman–Crippen MR) is 41.8 cm³/mol. The molecule has 0 aliphatic carbocycles. The molecule has 0 aromatic rings. The molecule has 0 aromatic heterocycles. The SMILES string of the molecule is C=C(CO)C1CCNCC1. The Morgan fingerprint density at radius 3 is 2.60 bits per heavy atom. The van der Waals surface area contributed by atoms with Crippen LogP contribution in [0.2, 0.25) is 0 Å². The minimum Gasteiger partial charge on any atom is -0.392 e. The zero-order valence-electron chi connectivity index (χ0n) is 6.27. The maximum absolute atomic E-state index is 8.77. The predicted octanol–water partition coefficient (Wildman–Crippen LogP) is 0.534. The quantitative estimate of drug-likeness (QED) is 0.550. The topological polar surface area (TPSA) is 32.3 Å². The van der Waals surface area contributed by atoms with Gasteiger partial charge in [0, 0.05) is 0 Å². The Morgan fingerprint density at radius 2 is 2.10 bits per heavy atom. The highest BCUT2D eigenvalue weighted by molar-refractivity contribution is 5.01. The summed E-state index contributed by atoms with van der Waals surface area (Å²) in [6, 6.07) is 0. The number of piperidine rings is 1. The van der Waals surface area contributed by atoms with Crippen LogP contribution in [0.5, 0.6) is 0 Å². The number of aliphatic hydroxyl groups excluding tert-OH is 1. The van der Waals surface area contributed by atoms with E-state index in [4.69, 9.17) is 5.11 Å². The third kappa shape index (κ3) is 1.82. The molecule has 1 rings (SSSR count). The maximum Gasteiger partial charge on any atom is 0.0641 e. The first-order valence-corrected chi connectivity index (χ1v) is 3.84. The molecule has 2 nitrogen and oxygen atoms in total. The van der Waals surface area contributed by atoms with Crippen LogP contribution in [-0.2, 0) is 0 Å². The maximum atomic E-state index is 8.77. The van der Waals surface area contributed by atoms with Crippen molar-refractivity contribution in [3.05, 3.63) is 12.2 Å². The van der Waals surface area contributed by atoms with Crippen LogP contribution in [0.25, 0.3) is 0 Å². The van der Waals surface area contributed by atoms with Crippen molar-refractivity contribution in [1.29, 1.82) is 0 Å². The van der Waals surface area contributed by atoms with Gasteiger partial charge in [0.25, 0.3) is 0 Å². The summed E-state index contributed by atoms with van der Waals surface area (Å²) in [6.45, 7) is 6.12. The van der Waals surface area contributed by atoms with E-state index in [0.29, 0.717) is 5.92 Å². The Morgan fingerprint density at radius 1 is 1.50 bits per heavy atom. The molecule has 1 heterocycles. The lowest BCUT2D eigenvalue weighted by Gasteiger charge is -2.23. The minimum absolute atomic E-state index is 0.157. The van der Waals surface area contributed by atoms with E-state index >= 15 is 0 Å².